The summed E-state index contributed by atoms with van der Waals surface area (Å²) in [4.78, 5) is 23.3. The second kappa shape index (κ2) is 6.78. The molecule has 0 unspecified atom stereocenters. The van der Waals surface area contributed by atoms with Crippen LogP contribution in [0, 0.1) is 0 Å². The number of rotatable bonds is 3. The van der Waals surface area contributed by atoms with Crippen LogP contribution >= 0.6 is 11.8 Å². The van der Waals surface area contributed by atoms with E-state index >= 15 is 0 Å². The third-order valence-electron chi connectivity index (χ3n) is 5.22. The van der Waals surface area contributed by atoms with Gasteiger partial charge in [0.2, 0.25) is 0 Å². The Balaban J connectivity index is 1.34. The van der Waals surface area contributed by atoms with Gasteiger partial charge in [0, 0.05) is 42.3 Å². The Bertz CT molecular complexity index is 1020. The molecule has 1 aromatic carbocycles. The van der Waals surface area contributed by atoms with Gasteiger partial charge in [-0.3, -0.25) is 4.79 Å². The quantitative estimate of drug-likeness (QED) is 0.737. The minimum Gasteiger partial charge on any atom is -0.348 e. The SMILES string of the molecule is O=C(NC1Cc2ccccc2C1)C1=CN(c2ccnc3[nH]ccc23)CCS1. The molecule has 0 saturated heterocycles. The molecule has 3 aromatic rings. The first-order valence-corrected chi connectivity index (χ1v) is 10.2. The summed E-state index contributed by atoms with van der Waals surface area (Å²) in [6.45, 7) is 0.876. The van der Waals surface area contributed by atoms with Crippen molar-refractivity contribution in [3.8, 4) is 0 Å². The molecule has 27 heavy (non-hydrogen) atoms. The lowest BCUT2D eigenvalue weighted by atomic mass is 10.1. The van der Waals surface area contributed by atoms with Crippen LogP contribution in [0.25, 0.3) is 11.0 Å². The second-order valence-corrected chi connectivity index (χ2v) is 8.09. The van der Waals surface area contributed by atoms with Gasteiger partial charge in [-0.15, -0.1) is 11.8 Å². The Kier molecular flexibility index (Phi) is 4.13. The second-order valence-electron chi connectivity index (χ2n) is 6.95. The first kappa shape index (κ1) is 16.4. The van der Waals surface area contributed by atoms with Crippen molar-refractivity contribution < 1.29 is 4.79 Å². The van der Waals surface area contributed by atoms with Crippen LogP contribution in [0.5, 0.6) is 0 Å². The van der Waals surface area contributed by atoms with E-state index in [1.165, 1.54) is 11.1 Å². The highest BCUT2D eigenvalue weighted by molar-refractivity contribution is 8.04. The minimum atomic E-state index is 0.0295. The summed E-state index contributed by atoms with van der Waals surface area (Å²) in [7, 11) is 0. The van der Waals surface area contributed by atoms with Gasteiger partial charge in [0.05, 0.1) is 10.6 Å². The number of hydrogen-bond donors (Lipinski definition) is 2. The highest BCUT2D eigenvalue weighted by atomic mass is 32.2. The largest absolute Gasteiger partial charge is 0.348 e. The zero-order valence-corrected chi connectivity index (χ0v) is 15.6. The normalized spacial score (nSPS) is 17.0. The molecule has 0 bridgehead atoms. The highest BCUT2D eigenvalue weighted by Crippen LogP contribution is 2.31. The summed E-state index contributed by atoms with van der Waals surface area (Å²) in [5.41, 5.74) is 4.65. The van der Waals surface area contributed by atoms with E-state index in [-0.39, 0.29) is 11.9 Å². The van der Waals surface area contributed by atoms with Crippen molar-refractivity contribution in [2.45, 2.75) is 18.9 Å². The number of carbonyl (C=O) groups is 1. The van der Waals surface area contributed by atoms with Crippen molar-refractivity contribution >= 4 is 34.4 Å². The van der Waals surface area contributed by atoms with Crippen molar-refractivity contribution in [1.82, 2.24) is 15.3 Å². The van der Waals surface area contributed by atoms with Gasteiger partial charge in [0.1, 0.15) is 5.65 Å². The number of benzene rings is 1. The molecule has 0 atom stereocenters. The molecule has 1 aliphatic heterocycles. The molecule has 2 N–H and O–H groups in total. The predicted molar refractivity (Wildman–Crippen MR) is 110 cm³/mol. The number of aromatic nitrogens is 2. The average molecular weight is 376 g/mol. The maximum Gasteiger partial charge on any atom is 0.259 e. The fourth-order valence-corrected chi connectivity index (χ4v) is 4.83. The number of H-pyrrole nitrogens is 1. The predicted octanol–water partition coefficient (Wildman–Crippen LogP) is 3.24. The topological polar surface area (TPSA) is 61.0 Å². The molecule has 0 spiro atoms. The lowest BCUT2D eigenvalue weighted by molar-refractivity contribution is -0.117. The summed E-state index contributed by atoms with van der Waals surface area (Å²) in [6.07, 6.45) is 7.51. The Hall–Kier alpha value is -2.73. The zero-order chi connectivity index (χ0) is 18.2. The molecule has 2 aromatic heterocycles. The van der Waals surface area contributed by atoms with Crippen molar-refractivity contribution in [1.29, 1.82) is 0 Å². The summed E-state index contributed by atoms with van der Waals surface area (Å²) in [5.74, 6) is 0.917. The van der Waals surface area contributed by atoms with Crippen molar-refractivity contribution in [2.24, 2.45) is 0 Å². The Morgan fingerprint density at radius 2 is 2.00 bits per heavy atom. The molecule has 1 aliphatic carbocycles. The third-order valence-corrected chi connectivity index (χ3v) is 6.21. The third kappa shape index (κ3) is 3.10. The number of amides is 1. The van der Waals surface area contributed by atoms with Crippen LogP contribution in [-0.4, -0.2) is 34.2 Å². The minimum absolute atomic E-state index is 0.0295. The number of nitrogens with zero attached hydrogens (tertiary/aromatic N) is 2. The summed E-state index contributed by atoms with van der Waals surface area (Å²) < 4.78 is 0. The number of thioether (sulfide) groups is 1. The van der Waals surface area contributed by atoms with Gasteiger partial charge in [-0.1, -0.05) is 24.3 Å². The Morgan fingerprint density at radius 1 is 1.19 bits per heavy atom. The van der Waals surface area contributed by atoms with Gasteiger partial charge in [0.15, 0.2) is 0 Å². The monoisotopic (exact) mass is 376 g/mol. The van der Waals surface area contributed by atoms with Gasteiger partial charge >= 0.3 is 0 Å². The smallest absolute Gasteiger partial charge is 0.259 e. The fourth-order valence-electron chi connectivity index (χ4n) is 3.93. The van der Waals surface area contributed by atoms with E-state index in [4.69, 9.17) is 0 Å². The van der Waals surface area contributed by atoms with Gasteiger partial charge in [-0.2, -0.15) is 0 Å². The molecular weight excluding hydrogens is 356 g/mol. The van der Waals surface area contributed by atoms with Gasteiger partial charge in [0.25, 0.3) is 5.91 Å². The van der Waals surface area contributed by atoms with Crippen LogP contribution in [0.4, 0.5) is 5.69 Å². The van der Waals surface area contributed by atoms with Crippen LogP contribution in [0.1, 0.15) is 11.1 Å². The number of pyridine rings is 1. The number of fused-ring (bicyclic) bond motifs is 2. The molecule has 3 heterocycles. The number of hydrogen-bond acceptors (Lipinski definition) is 4. The Labute approximate surface area is 161 Å². The number of anilines is 1. The summed E-state index contributed by atoms with van der Waals surface area (Å²) >= 11 is 1.63. The van der Waals surface area contributed by atoms with Crippen molar-refractivity contribution in [3.63, 3.8) is 0 Å². The number of nitrogens with one attached hydrogen (secondary N) is 2. The molecule has 5 rings (SSSR count). The average Bonchev–Trinajstić information content (AvgIpc) is 3.34. The van der Waals surface area contributed by atoms with Gasteiger partial charge < -0.3 is 15.2 Å². The maximum absolute atomic E-state index is 12.9. The first-order chi connectivity index (χ1) is 13.3. The zero-order valence-electron chi connectivity index (χ0n) is 14.8. The van der Waals surface area contributed by atoms with E-state index in [1.54, 1.807) is 18.0 Å². The van der Waals surface area contributed by atoms with E-state index in [0.717, 1.165) is 46.8 Å². The molecule has 1 amide bonds. The standard InChI is InChI=1S/C21H20N4OS/c26-21(24-16-11-14-3-1-2-4-15(14)12-16)19-13-25(9-10-27-19)18-6-8-23-20-17(18)5-7-22-20/h1-8,13,16H,9-12H2,(H,22,23)(H,24,26). The summed E-state index contributed by atoms with van der Waals surface area (Å²) in [5, 5.41) is 4.30. The fraction of sp³-hybridized carbons (Fsp3) is 0.238. The van der Waals surface area contributed by atoms with Crippen LogP contribution in [0.15, 0.2) is 59.9 Å². The molecule has 0 radical (unpaired) electrons. The molecule has 0 saturated carbocycles. The van der Waals surface area contributed by atoms with E-state index < -0.39 is 0 Å². The first-order valence-electron chi connectivity index (χ1n) is 9.19. The number of aromatic amines is 1. The molecule has 6 heteroatoms. The molecule has 0 fully saturated rings. The maximum atomic E-state index is 12.9. The molecular formula is C21H20N4OS. The van der Waals surface area contributed by atoms with E-state index in [9.17, 15) is 4.79 Å². The van der Waals surface area contributed by atoms with Crippen LogP contribution in [-0.2, 0) is 17.6 Å². The highest BCUT2D eigenvalue weighted by Gasteiger charge is 2.25. The van der Waals surface area contributed by atoms with Crippen LogP contribution in [0.2, 0.25) is 0 Å². The lowest BCUT2D eigenvalue weighted by Gasteiger charge is -2.27. The van der Waals surface area contributed by atoms with Crippen molar-refractivity contribution in [3.05, 3.63) is 71.0 Å². The summed E-state index contributed by atoms with van der Waals surface area (Å²) in [6, 6.07) is 12.7. The lowest BCUT2D eigenvalue weighted by Crippen LogP contribution is -2.37. The van der Waals surface area contributed by atoms with Gasteiger partial charge in [-0.05, 0) is 36.1 Å². The van der Waals surface area contributed by atoms with Crippen molar-refractivity contribution in [2.75, 3.05) is 17.2 Å². The van der Waals surface area contributed by atoms with Gasteiger partial charge in [-0.25, -0.2) is 4.98 Å². The van der Waals surface area contributed by atoms with E-state index in [0.29, 0.717) is 0 Å². The molecule has 5 nitrogen and oxygen atoms in total. The van der Waals surface area contributed by atoms with Crippen LogP contribution in [0.3, 0.4) is 0 Å². The van der Waals surface area contributed by atoms with E-state index in [2.05, 4.69) is 44.5 Å². The molecule has 2 aliphatic rings. The Morgan fingerprint density at radius 3 is 2.81 bits per heavy atom. The number of carbonyl (C=O) groups excluding carboxylic acids is 1. The van der Waals surface area contributed by atoms with Crippen LogP contribution < -0.4 is 10.2 Å². The molecule has 136 valence electrons. The van der Waals surface area contributed by atoms with E-state index in [1.807, 2.05) is 24.5 Å².